The van der Waals surface area contributed by atoms with Crippen molar-refractivity contribution >= 4 is 28.2 Å². The molecule has 0 unspecified atom stereocenters. The van der Waals surface area contributed by atoms with Crippen molar-refractivity contribution in [2.24, 2.45) is 0 Å². The molecule has 0 saturated carbocycles. The van der Waals surface area contributed by atoms with Crippen molar-refractivity contribution in [3.05, 3.63) is 80.5 Å². The van der Waals surface area contributed by atoms with E-state index in [-0.39, 0.29) is 11.3 Å². The normalized spacial score (nSPS) is 15.2. The average molecular weight is 410 g/mol. The predicted molar refractivity (Wildman–Crippen MR) is 110 cm³/mol. The summed E-state index contributed by atoms with van der Waals surface area (Å²) in [5.74, 6) is 0.618. The van der Waals surface area contributed by atoms with Gasteiger partial charge in [0.1, 0.15) is 5.82 Å². The molecule has 0 spiro atoms. The van der Waals surface area contributed by atoms with E-state index in [4.69, 9.17) is 0 Å². The van der Waals surface area contributed by atoms with Crippen LogP contribution in [-0.2, 0) is 22.3 Å². The lowest BCUT2D eigenvalue weighted by molar-refractivity contribution is -0.384. The highest BCUT2D eigenvalue weighted by Crippen LogP contribution is 2.32. The van der Waals surface area contributed by atoms with Crippen LogP contribution in [0.25, 0.3) is 5.69 Å². The molecular weight excluding hydrogens is 392 g/mol. The maximum absolute atomic E-state index is 12.8. The first-order valence-electron chi connectivity index (χ1n) is 8.92. The van der Waals surface area contributed by atoms with Gasteiger partial charge >= 0.3 is 0 Å². The second-order valence-corrected chi connectivity index (χ2v) is 8.42. The van der Waals surface area contributed by atoms with E-state index < -0.39 is 21.6 Å². The highest BCUT2D eigenvalue weighted by atomic mass is 32.2. The number of carbonyl (C=O) groups excluding carboxylic acids is 1. The van der Waals surface area contributed by atoms with Crippen LogP contribution in [0.3, 0.4) is 0 Å². The zero-order valence-corrected chi connectivity index (χ0v) is 16.7. The summed E-state index contributed by atoms with van der Waals surface area (Å²) in [6.07, 6.45) is 0. The van der Waals surface area contributed by atoms with E-state index in [2.05, 4.69) is 10.4 Å². The molecule has 0 saturated heterocycles. The SMILES string of the molecule is Cc1ccc(-n2nc3c(c2NC(=O)c2cccc([N+](=O)[O-])c2)C[S@@](=O)C3)c(C)c1. The summed E-state index contributed by atoms with van der Waals surface area (Å²) in [6.45, 7) is 3.95. The highest BCUT2D eigenvalue weighted by Gasteiger charge is 2.29. The van der Waals surface area contributed by atoms with E-state index in [0.29, 0.717) is 23.0 Å². The number of benzene rings is 2. The first kappa shape index (κ1) is 19.0. The largest absolute Gasteiger partial charge is 0.306 e. The monoisotopic (exact) mass is 410 g/mol. The maximum Gasteiger partial charge on any atom is 0.270 e. The third-order valence-electron chi connectivity index (χ3n) is 4.80. The Morgan fingerprint density at radius 1 is 1.21 bits per heavy atom. The topological polar surface area (TPSA) is 107 Å². The van der Waals surface area contributed by atoms with E-state index in [0.717, 1.165) is 22.4 Å². The summed E-state index contributed by atoms with van der Waals surface area (Å²) < 4.78 is 13.7. The fourth-order valence-corrected chi connectivity index (χ4v) is 4.68. The number of nitrogens with zero attached hydrogens (tertiary/aromatic N) is 3. The van der Waals surface area contributed by atoms with Crippen molar-refractivity contribution in [1.29, 1.82) is 0 Å². The lowest BCUT2D eigenvalue weighted by atomic mass is 10.1. The summed E-state index contributed by atoms with van der Waals surface area (Å²) in [4.78, 5) is 23.3. The average Bonchev–Trinajstić information content (AvgIpc) is 3.19. The van der Waals surface area contributed by atoms with Gasteiger partial charge in [0.15, 0.2) is 0 Å². The fraction of sp³-hybridized carbons (Fsp3) is 0.200. The molecule has 3 aromatic rings. The summed E-state index contributed by atoms with van der Waals surface area (Å²) in [5, 5.41) is 18.4. The van der Waals surface area contributed by atoms with Crippen LogP contribution in [0.5, 0.6) is 0 Å². The molecule has 9 heteroatoms. The molecule has 1 atom stereocenters. The van der Waals surface area contributed by atoms with Crippen molar-refractivity contribution in [2.45, 2.75) is 25.4 Å². The van der Waals surface area contributed by atoms with Crippen LogP contribution in [0.1, 0.15) is 32.7 Å². The number of anilines is 1. The van der Waals surface area contributed by atoms with Crippen molar-refractivity contribution in [3.8, 4) is 5.69 Å². The minimum atomic E-state index is -1.06. The van der Waals surface area contributed by atoms with Crippen LogP contribution in [-0.4, -0.2) is 24.8 Å². The van der Waals surface area contributed by atoms with Crippen LogP contribution in [0.15, 0.2) is 42.5 Å². The van der Waals surface area contributed by atoms with Gasteiger partial charge in [0.2, 0.25) is 0 Å². The van der Waals surface area contributed by atoms with Crippen molar-refractivity contribution in [3.63, 3.8) is 0 Å². The molecule has 1 aliphatic heterocycles. The van der Waals surface area contributed by atoms with E-state index in [1.165, 1.54) is 24.3 Å². The van der Waals surface area contributed by atoms with Gasteiger partial charge in [0, 0.05) is 34.1 Å². The van der Waals surface area contributed by atoms with Gasteiger partial charge in [0.25, 0.3) is 11.6 Å². The van der Waals surface area contributed by atoms with Crippen LogP contribution in [0.2, 0.25) is 0 Å². The molecule has 8 nitrogen and oxygen atoms in total. The Morgan fingerprint density at radius 2 is 2.00 bits per heavy atom. The maximum atomic E-state index is 12.8. The first-order valence-corrected chi connectivity index (χ1v) is 10.4. The number of hydrogen-bond donors (Lipinski definition) is 1. The number of rotatable bonds is 4. The minimum Gasteiger partial charge on any atom is -0.306 e. The quantitative estimate of drug-likeness (QED) is 0.524. The summed E-state index contributed by atoms with van der Waals surface area (Å²) in [7, 11) is -1.06. The third-order valence-corrected chi connectivity index (χ3v) is 6.01. The summed E-state index contributed by atoms with van der Waals surface area (Å²) >= 11 is 0. The smallest absolute Gasteiger partial charge is 0.270 e. The number of carbonyl (C=O) groups is 1. The van der Waals surface area contributed by atoms with Gasteiger partial charge in [-0.15, -0.1) is 0 Å². The zero-order valence-electron chi connectivity index (χ0n) is 15.8. The van der Waals surface area contributed by atoms with Crippen molar-refractivity contribution in [1.82, 2.24) is 9.78 Å². The molecule has 148 valence electrons. The Balaban J connectivity index is 1.77. The van der Waals surface area contributed by atoms with Gasteiger partial charge in [-0.3, -0.25) is 19.1 Å². The number of nitro benzene ring substituents is 1. The van der Waals surface area contributed by atoms with Crippen LogP contribution in [0.4, 0.5) is 11.5 Å². The van der Waals surface area contributed by atoms with E-state index >= 15 is 0 Å². The van der Waals surface area contributed by atoms with Crippen LogP contribution in [0, 0.1) is 24.0 Å². The Labute approximate surface area is 169 Å². The molecule has 1 aliphatic rings. The number of non-ortho nitro benzene ring substituents is 1. The predicted octanol–water partition coefficient (Wildman–Crippen LogP) is 3.41. The Hall–Kier alpha value is -3.33. The Bertz CT molecular complexity index is 1190. The number of aromatic nitrogens is 2. The minimum absolute atomic E-state index is 0.160. The molecule has 0 fully saturated rings. The second kappa shape index (κ2) is 7.25. The van der Waals surface area contributed by atoms with Crippen molar-refractivity contribution < 1.29 is 13.9 Å². The molecule has 4 rings (SSSR count). The van der Waals surface area contributed by atoms with Gasteiger partial charge in [-0.05, 0) is 31.5 Å². The van der Waals surface area contributed by atoms with Crippen LogP contribution >= 0.6 is 0 Å². The van der Waals surface area contributed by atoms with Gasteiger partial charge in [-0.25, -0.2) is 4.68 Å². The highest BCUT2D eigenvalue weighted by molar-refractivity contribution is 7.83. The second-order valence-electron chi connectivity index (χ2n) is 6.97. The third kappa shape index (κ3) is 3.56. The van der Waals surface area contributed by atoms with E-state index in [1.54, 1.807) is 4.68 Å². The Morgan fingerprint density at radius 3 is 2.72 bits per heavy atom. The standard InChI is InChI=1S/C20H18N4O4S/c1-12-6-7-18(13(2)8-12)23-19(16-10-29(28)11-17(16)22-23)21-20(25)14-4-3-5-15(9-14)24(26)27/h3-9H,10-11H2,1-2H3,(H,21,25)/t29-/m1/s1. The lowest BCUT2D eigenvalue weighted by Crippen LogP contribution is -2.17. The van der Waals surface area contributed by atoms with Gasteiger partial charge < -0.3 is 5.32 Å². The molecule has 29 heavy (non-hydrogen) atoms. The number of hydrogen-bond acceptors (Lipinski definition) is 5. The number of nitro groups is 1. The molecular formula is C20H18N4O4S. The number of fused-ring (bicyclic) bond motifs is 1. The Kier molecular flexibility index (Phi) is 4.75. The number of aryl methyl sites for hydroxylation is 2. The zero-order chi connectivity index (χ0) is 20.7. The molecule has 2 heterocycles. The molecule has 1 N–H and O–H groups in total. The van der Waals surface area contributed by atoms with Gasteiger partial charge in [0.05, 0.1) is 27.8 Å². The lowest BCUT2D eigenvalue weighted by Gasteiger charge is -2.13. The molecule has 1 amide bonds. The van der Waals surface area contributed by atoms with Crippen LogP contribution < -0.4 is 5.32 Å². The molecule has 0 aliphatic carbocycles. The van der Waals surface area contributed by atoms with E-state index in [1.807, 2.05) is 32.0 Å². The summed E-state index contributed by atoms with van der Waals surface area (Å²) in [5.41, 5.74) is 4.34. The molecule has 1 aromatic heterocycles. The van der Waals surface area contributed by atoms with Gasteiger partial charge in [-0.2, -0.15) is 5.10 Å². The first-order chi connectivity index (χ1) is 13.8. The number of nitrogens with one attached hydrogen (secondary N) is 1. The number of amides is 1. The van der Waals surface area contributed by atoms with Crippen molar-refractivity contribution in [2.75, 3.05) is 5.32 Å². The molecule has 2 aromatic carbocycles. The van der Waals surface area contributed by atoms with Gasteiger partial charge in [-0.1, -0.05) is 23.8 Å². The van der Waals surface area contributed by atoms with E-state index in [9.17, 15) is 19.1 Å². The fourth-order valence-electron chi connectivity index (χ4n) is 3.41. The molecule has 0 radical (unpaired) electrons. The summed E-state index contributed by atoms with van der Waals surface area (Å²) in [6, 6.07) is 11.4. The molecule has 0 bridgehead atoms.